The number of hydrogen-bond donors (Lipinski definition) is 2. The number of carbonyl (C=O) groups excluding carboxylic acids is 1. The highest BCUT2D eigenvalue weighted by atomic mass is 19.1. The quantitative estimate of drug-likeness (QED) is 0.640. The molecule has 1 fully saturated rings. The Hall–Kier alpha value is -3.55. The van der Waals surface area contributed by atoms with Gasteiger partial charge in [0.25, 0.3) is 0 Å². The minimum atomic E-state index is -0.731. The number of aromatic nitrogens is 2. The van der Waals surface area contributed by atoms with Crippen molar-refractivity contribution in [3.63, 3.8) is 0 Å². The van der Waals surface area contributed by atoms with E-state index in [4.69, 9.17) is 0 Å². The fourth-order valence-corrected chi connectivity index (χ4v) is 3.87. The maximum atomic E-state index is 15.4. The molecule has 4 rings (SSSR count). The smallest absolute Gasteiger partial charge is 0.246 e. The van der Waals surface area contributed by atoms with Crippen LogP contribution in [0.4, 0.5) is 14.6 Å². The van der Waals surface area contributed by atoms with Crippen molar-refractivity contribution in [2.24, 2.45) is 0 Å². The van der Waals surface area contributed by atoms with Gasteiger partial charge in [0, 0.05) is 30.1 Å². The average molecular weight is 410 g/mol. The van der Waals surface area contributed by atoms with E-state index in [1.807, 2.05) is 0 Å². The van der Waals surface area contributed by atoms with Crippen LogP contribution in [0.1, 0.15) is 12.0 Å². The molecule has 2 aromatic carbocycles. The Labute approximate surface area is 171 Å². The molecule has 8 heteroatoms. The maximum Gasteiger partial charge on any atom is 0.246 e. The zero-order valence-corrected chi connectivity index (χ0v) is 16.3. The monoisotopic (exact) mass is 410 g/mol. The van der Waals surface area contributed by atoms with Crippen molar-refractivity contribution in [2.45, 2.75) is 19.4 Å². The number of nitrogens with zero attached hydrogens (tertiary/aromatic N) is 3. The van der Waals surface area contributed by atoms with Gasteiger partial charge in [0.1, 0.15) is 29.2 Å². The van der Waals surface area contributed by atoms with Gasteiger partial charge in [0.2, 0.25) is 5.91 Å². The van der Waals surface area contributed by atoms with Gasteiger partial charge in [-0.25, -0.2) is 18.7 Å². The third kappa shape index (κ3) is 3.34. The molecular formula is C22H20F2N4O2. The largest absolute Gasteiger partial charge is 0.507 e. The maximum absolute atomic E-state index is 15.4. The van der Waals surface area contributed by atoms with Gasteiger partial charge in [-0.15, -0.1) is 0 Å². The molecule has 0 bridgehead atoms. The van der Waals surface area contributed by atoms with Gasteiger partial charge in [-0.05, 0) is 43.2 Å². The van der Waals surface area contributed by atoms with Gasteiger partial charge < -0.3 is 15.3 Å². The van der Waals surface area contributed by atoms with Gasteiger partial charge in [0.05, 0.1) is 5.56 Å². The lowest BCUT2D eigenvalue weighted by molar-refractivity contribution is -0.125. The molecule has 154 valence electrons. The van der Waals surface area contributed by atoms with E-state index >= 15 is 4.39 Å². The van der Waals surface area contributed by atoms with E-state index in [2.05, 4.69) is 21.9 Å². The molecule has 0 radical (unpaired) electrons. The van der Waals surface area contributed by atoms with Crippen LogP contribution < -0.4 is 5.32 Å². The number of nitrogens with one attached hydrogen (secondary N) is 1. The summed E-state index contributed by atoms with van der Waals surface area (Å²) >= 11 is 0. The Morgan fingerprint density at radius 1 is 1.33 bits per heavy atom. The zero-order valence-electron chi connectivity index (χ0n) is 16.3. The zero-order chi connectivity index (χ0) is 21.4. The first-order valence-corrected chi connectivity index (χ1v) is 9.50. The second-order valence-corrected chi connectivity index (χ2v) is 7.25. The van der Waals surface area contributed by atoms with Crippen molar-refractivity contribution in [1.29, 1.82) is 0 Å². The molecule has 30 heavy (non-hydrogen) atoms. The summed E-state index contributed by atoms with van der Waals surface area (Å²) in [5.74, 6) is -1.50. The molecule has 0 aliphatic carbocycles. The number of rotatable bonds is 4. The fourth-order valence-electron chi connectivity index (χ4n) is 3.87. The number of aromatic hydroxyl groups is 1. The summed E-state index contributed by atoms with van der Waals surface area (Å²) in [5.41, 5.74) is 0.226. The number of aryl methyl sites for hydroxylation is 1. The average Bonchev–Trinajstić information content (AvgIpc) is 3.18. The third-order valence-corrected chi connectivity index (χ3v) is 5.32. The molecular weight excluding hydrogens is 390 g/mol. The van der Waals surface area contributed by atoms with Crippen LogP contribution in [0.25, 0.3) is 22.0 Å². The number of anilines is 1. The first-order valence-electron chi connectivity index (χ1n) is 9.50. The van der Waals surface area contributed by atoms with Crippen LogP contribution in [0.2, 0.25) is 0 Å². The summed E-state index contributed by atoms with van der Waals surface area (Å²) < 4.78 is 29.8. The third-order valence-electron chi connectivity index (χ3n) is 5.32. The van der Waals surface area contributed by atoms with E-state index in [9.17, 15) is 14.3 Å². The van der Waals surface area contributed by atoms with E-state index in [1.165, 1.54) is 30.6 Å². The molecule has 0 saturated carbocycles. The topological polar surface area (TPSA) is 78.4 Å². The standard InChI is InChI=1S/C22H20F2N4O2/c1-3-17(30)28-8-7-13(10-28)27-22-14-9-12(2)18(20(24)21(14)25-11-26-22)19-15(23)5-4-6-16(19)29/h3-6,9,11,13,29H,1,7-8,10H2,2H3,(H,25,26,27). The van der Waals surface area contributed by atoms with Crippen LogP contribution in [-0.2, 0) is 4.79 Å². The molecule has 6 nitrogen and oxygen atoms in total. The van der Waals surface area contributed by atoms with Crippen LogP contribution >= 0.6 is 0 Å². The Morgan fingerprint density at radius 2 is 2.13 bits per heavy atom. The molecule has 1 aliphatic heterocycles. The van der Waals surface area contributed by atoms with Crippen molar-refractivity contribution in [3.8, 4) is 16.9 Å². The van der Waals surface area contributed by atoms with Crippen LogP contribution in [0.15, 0.2) is 43.2 Å². The number of fused-ring (bicyclic) bond motifs is 1. The Kier molecular flexibility index (Phi) is 5.07. The summed E-state index contributed by atoms with van der Waals surface area (Å²) in [6.07, 6.45) is 3.23. The number of halogens is 2. The number of benzene rings is 2. The predicted octanol–water partition coefficient (Wildman–Crippen LogP) is 3.79. The predicted molar refractivity (Wildman–Crippen MR) is 110 cm³/mol. The second kappa shape index (κ2) is 7.70. The van der Waals surface area contributed by atoms with Gasteiger partial charge in [-0.1, -0.05) is 12.6 Å². The molecule has 1 saturated heterocycles. The minimum Gasteiger partial charge on any atom is -0.507 e. The first kappa shape index (κ1) is 19.8. The number of phenols is 1. The SMILES string of the molecule is C=CC(=O)N1CCC(Nc2ncnc3c(F)c(-c4c(O)cccc4F)c(C)cc23)C1. The van der Waals surface area contributed by atoms with E-state index in [0.29, 0.717) is 36.3 Å². The number of likely N-dealkylation sites (tertiary alicyclic amines) is 1. The van der Waals surface area contributed by atoms with E-state index in [1.54, 1.807) is 17.9 Å². The van der Waals surface area contributed by atoms with Crippen LogP contribution in [-0.4, -0.2) is 45.0 Å². The lowest BCUT2D eigenvalue weighted by Crippen LogP contribution is -2.30. The normalized spacial score (nSPS) is 16.1. The van der Waals surface area contributed by atoms with Gasteiger partial charge >= 0.3 is 0 Å². The highest BCUT2D eigenvalue weighted by Crippen LogP contribution is 2.39. The van der Waals surface area contributed by atoms with Crippen molar-refractivity contribution in [3.05, 3.63) is 60.4 Å². The Balaban J connectivity index is 1.75. The second-order valence-electron chi connectivity index (χ2n) is 7.25. The van der Waals surface area contributed by atoms with Gasteiger partial charge in [-0.2, -0.15) is 0 Å². The highest BCUT2D eigenvalue weighted by Gasteiger charge is 2.26. The first-order chi connectivity index (χ1) is 14.4. The molecule has 1 atom stereocenters. The lowest BCUT2D eigenvalue weighted by Gasteiger charge is -2.18. The van der Waals surface area contributed by atoms with Crippen LogP contribution in [0, 0.1) is 18.6 Å². The highest BCUT2D eigenvalue weighted by molar-refractivity contribution is 5.95. The number of hydrogen-bond acceptors (Lipinski definition) is 5. The van der Waals surface area contributed by atoms with Crippen LogP contribution in [0.3, 0.4) is 0 Å². The van der Waals surface area contributed by atoms with E-state index < -0.39 is 11.6 Å². The summed E-state index contributed by atoms with van der Waals surface area (Å²) in [6.45, 7) is 6.22. The molecule has 1 aliphatic rings. The fraction of sp³-hybridized carbons (Fsp3) is 0.227. The van der Waals surface area contributed by atoms with Crippen molar-refractivity contribution in [1.82, 2.24) is 14.9 Å². The number of amides is 1. The van der Waals surface area contributed by atoms with E-state index in [0.717, 1.165) is 0 Å². The molecule has 2 N–H and O–H groups in total. The summed E-state index contributed by atoms with van der Waals surface area (Å²) in [5, 5.41) is 13.8. The van der Waals surface area contributed by atoms with Crippen molar-refractivity contribution < 1.29 is 18.7 Å². The van der Waals surface area contributed by atoms with Crippen LogP contribution in [0.5, 0.6) is 5.75 Å². The van der Waals surface area contributed by atoms with Gasteiger partial charge in [0.15, 0.2) is 5.82 Å². The van der Waals surface area contributed by atoms with Gasteiger partial charge in [-0.3, -0.25) is 4.79 Å². The minimum absolute atomic E-state index is 0.0211. The Bertz CT molecular complexity index is 1150. The van der Waals surface area contributed by atoms with Crippen molar-refractivity contribution in [2.75, 3.05) is 18.4 Å². The molecule has 2 heterocycles. The number of carbonyl (C=O) groups is 1. The molecule has 0 spiro atoms. The molecule has 1 aromatic heterocycles. The molecule has 1 unspecified atom stereocenters. The summed E-state index contributed by atoms with van der Waals surface area (Å²) in [4.78, 5) is 21.8. The number of phenolic OH excluding ortho intramolecular Hbond substituents is 1. The molecule has 1 amide bonds. The lowest BCUT2D eigenvalue weighted by atomic mass is 9.96. The summed E-state index contributed by atoms with van der Waals surface area (Å²) in [7, 11) is 0. The van der Waals surface area contributed by atoms with Crippen molar-refractivity contribution >= 4 is 22.6 Å². The summed E-state index contributed by atoms with van der Waals surface area (Å²) in [6, 6.07) is 5.45. The Morgan fingerprint density at radius 3 is 2.87 bits per heavy atom. The molecule has 3 aromatic rings. The van der Waals surface area contributed by atoms with E-state index in [-0.39, 0.29) is 34.3 Å².